The normalized spacial score (nSPS) is 10.2. The summed E-state index contributed by atoms with van der Waals surface area (Å²) in [5.41, 5.74) is 1.67. The first-order valence-corrected chi connectivity index (χ1v) is 13.1. The van der Waals surface area contributed by atoms with E-state index in [1.165, 1.54) is 102 Å². The number of ether oxygens (including phenoxy) is 1. The van der Waals surface area contributed by atoms with Crippen LogP contribution in [-0.4, -0.2) is 12.6 Å². The van der Waals surface area contributed by atoms with Crippen molar-refractivity contribution >= 4 is 12.0 Å². The van der Waals surface area contributed by atoms with Crippen LogP contribution >= 0.6 is 0 Å². The Balaban J connectivity index is 0.000000995. The average molecular weight is 443 g/mol. The van der Waals surface area contributed by atoms with E-state index in [1.807, 2.05) is 36.4 Å². The lowest BCUT2D eigenvalue weighted by atomic mass is 10.0. The van der Waals surface area contributed by atoms with Crippen molar-refractivity contribution in [1.29, 1.82) is 0 Å². The van der Waals surface area contributed by atoms with Crippen molar-refractivity contribution in [1.82, 2.24) is 0 Å². The molecular formula is C30H50O2. The maximum absolute atomic E-state index is 11.2. The Labute approximate surface area is 199 Å². The highest BCUT2D eigenvalue weighted by molar-refractivity contribution is 5.86. The fourth-order valence-electron chi connectivity index (χ4n) is 3.53. The number of rotatable bonds is 19. The van der Waals surface area contributed by atoms with Crippen molar-refractivity contribution in [3.8, 4) is 0 Å². The number of esters is 1. The van der Waals surface area contributed by atoms with Crippen LogP contribution in [0.3, 0.4) is 0 Å². The van der Waals surface area contributed by atoms with E-state index < -0.39 is 0 Å². The summed E-state index contributed by atoms with van der Waals surface area (Å²) in [6.07, 6.45) is 23.6. The summed E-state index contributed by atoms with van der Waals surface area (Å²) in [6.45, 7) is 11.7. The first kappa shape index (κ1) is 30.2. The molecular weight excluding hydrogens is 392 g/mol. The molecule has 2 nitrogen and oxygen atoms in total. The molecule has 182 valence electrons. The highest BCUT2D eigenvalue weighted by Gasteiger charge is 2.01. The molecule has 0 aliphatic carbocycles. The molecule has 0 heterocycles. The van der Waals surface area contributed by atoms with Crippen molar-refractivity contribution in [2.45, 2.75) is 117 Å². The molecule has 0 unspecified atom stereocenters. The van der Waals surface area contributed by atoms with Crippen LogP contribution in [0.25, 0.3) is 6.08 Å². The number of carbonyl (C=O) groups is 1. The van der Waals surface area contributed by atoms with Crippen molar-refractivity contribution in [3.63, 3.8) is 0 Å². The smallest absolute Gasteiger partial charge is 0.333 e. The lowest BCUT2D eigenvalue weighted by molar-refractivity contribution is -0.139. The van der Waals surface area contributed by atoms with Gasteiger partial charge in [0, 0.05) is 5.57 Å². The maximum Gasteiger partial charge on any atom is 0.333 e. The van der Waals surface area contributed by atoms with Gasteiger partial charge in [-0.2, -0.15) is 0 Å². The predicted molar refractivity (Wildman–Crippen MR) is 142 cm³/mol. The third-order valence-corrected chi connectivity index (χ3v) is 5.61. The molecule has 1 rings (SSSR count). The minimum absolute atomic E-state index is 0.254. The number of unbranched alkanes of at least 4 members (excludes halogenated alkanes) is 15. The number of hydrogen-bond acceptors (Lipinski definition) is 2. The molecule has 0 aliphatic heterocycles. The Morgan fingerprint density at radius 3 is 1.50 bits per heavy atom. The number of hydrogen-bond donors (Lipinski definition) is 0. The fraction of sp³-hybridized carbons (Fsp3) is 0.633. The first-order chi connectivity index (χ1) is 15.6. The molecule has 0 atom stereocenters. The van der Waals surface area contributed by atoms with Crippen LogP contribution < -0.4 is 0 Å². The second-order valence-electron chi connectivity index (χ2n) is 8.83. The standard InChI is InChI=1S/C22H42O2.C8H8/c1-4-5-6-7-8-9-10-11-12-13-14-15-16-17-18-19-20-24-22(23)21(2)3;1-2-8-6-4-3-5-7-8/h2,4-20H2,1,3H3;2-7H,1H2. The van der Waals surface area contributed by atoms with E-state index in [0.29, 0.717) is 12.2 Å². The van der Waals surface area contributed by atoms with Gasteiger partial charge < -0.3 is 4.74 Å². The summed E-state index contributed by atoms with van der Waals surface area (Å²) in [7, 11) is 0. The maximum atomic E-state index is 11.2. The van der Waals surface area contributed by atoms with Crippen LogP contribution in [0.4, 0.5) is 0 Å². The lowest BCUT2D eigenvalue weighted by Gasteiger charge is -2.05. The second-order valence-corrected chi connectivity index (χ2v) is 8.83. The van der Waals surface area contributed by atoms with Gasteiger partial charge in [-0.15, -0.1) is 0 Å². The van der Waals surface area contributed by atoms with Crippen LogP contribution in [0.15, 0.2) is 49.1 Å². The van der Waals surface area contributed by atoms with Gasteiger partial charge in [0.15, 0.2) is 0 Å². The van der Waals surface area contributed by atoms with Crippen LogP contribution in [0, 0.1) is 0 Å². The molecule has 0 saturated carbocycles. The molecule has 0 fully saturated rings. The third kappa shape index (κ3) is 21.4. The second kappa shape index (κ2) is 23.8. The molecule has 0 saturated heterocycles. The Bertz CT molecular complexity index is 561. The molecule has 0 bridgehead atoms. The van der Waals surface area contributed by atoms with Crippen molar-refractivity contribution in [2.75, 3.05) is 6.61 Å². The van der Waals surface area contributed by atoms with Gasteiger partial charge in [0.1, 0.15) is 0 Å². The SMILES string of the molecule is C=C(C)C(=O)OCCCCCCCCCCCCCCCCCC.C=Cc1ccccc1. The summed E-state index contributed by atoms with van der Waals surface area (Å²) in [5, 5.41) is 0. The Morgan fingerprint density at radius 1 is 0.750 bits per heavy atom. The summed E-state index contributed by atoms with van der Waals surface area (Å²) < 4.78 is 5.08. The van der Waals surface area contributed by atoms with Gasteiger partial charge >= 0.3 is 5.97 Å². The van der Waals surface area contributed by atoms with E-state index in [1.54, 1.807) is 6.92 Å². The van der Waals surface area contributed by atoms with Gasteiger partial charge in [0.05, 0.1) is 6.61 Å². The Hall–Kier alpha value is -1.83. The summed E-state index contributed by atoms with van der Waals surface area (Å²) in [4.78, 5) is 11.2. The molecule has 1 aromatic carbocycles. The number of benzene rings is 1. The van der Waals surface area contributed by atoms with Crippen molar-refractivity contribution in [3.05, 3.63) is 54.6 Å². The first-order valence-electron chi connectivity index (χ1n) is 13.1. The molecule has 0 amide bonds. The Morgan fingerprint density at radius 2 is 1.16 bits per heavy atom. The molecule has 32 heavy (non-hydrogen) atoms. The zero-order chi connectivity index (χ0) is 23.7. The highest BCUT2D eigenvalue weighted by atomic mass is 16.5. The van der Waals surface area contributed by atoms with Crippen LogP contribution in [0.1, 0.15) is 122 Å². The summed E-state index contributed by atoms with van der Waals surface area (Å²) >= 11 is 0. The molecule has 0 aromatic heterocycles. The van der Waals surface area contributed by atoms with E-state index >= 15 is 0 Å². The van der Waals surface area contributed by atoms with Crippen LogP contribution in [0.2, 0.25) is 0 Å². The minimum Gasteiger partial charge on any atom is -0.462 e. The molecule has 0 spiro atoms. The van der Waals surface area contributed by atoms with Crippen LogP contribution in [0.5, 0.6) is 0 Å². The van der Waals surface area contributed by atoms with Crippen molar-refractivity contribution in [2.24, 2.45) is 0 Å². The molecule has 0 aliphatic rings. The Kier molecular flexibility index (Phi) is 22.5. The van der Waals surface area contributed by atoms with Crippen LogP contribution in [-0.2, 0) is 9.53 Å². The van der Waals surface area contributed by atoms with E-state index in [0.717, 1.165) is 6.42 Å². The predicted octanol–water partition coefficient (Wildman–Crippen LogP) is 9.70. The van der Waals surface area contributed by atoms with Gasteiger partial charge in [-0.3, -0.25) is 0 Å². The van der Waals surface area contributed by atoms with E-state index in [-0.39, 0.29) is 5.97 Å². The highest BCUT2D eigenvalue weighted by Crippen LogP contribution is 2.13. The van der Waals surface area contributed by atoms with E-state index in [4.69, 9.17) is 4.74 Å². The monoisotopic (exact) mass is 442 g/mol. The molecule has 1 aromatic rings. The zero-order valence-corrected chi connectivity index (χ0v) is 21.2. The molecule has 0 radical (unpaired) electrons. The fourth-order valence-corrected chi connectivity index (χ4v) is 3.53. The summed E-state index contributed by atoms with van der Waals surface area (Å²) in [6, 6.07) is 10.0. The van der Waals surface area contributed by atoms with Gasteiger partial charge in [0.25, 0.3) is 0 Å². The minimum atomic E-state index is -0.254. The zero-order valence-electron chi connectivity index (χ0n) is 21.2. The van der Waals surface area contributed by atoms with Gasteiger partial charge in [-0.05, 0) is 18.9 Å². The lowest BCUT2D eigenvalue weighted by Crippen LogP contribution is -2.05. The number of carbonyl (C=O) groups excluding carboxylic acids is 1. The quantitative estimate of drug-likeness (QED) is 0.121. The largest absolute Gasteiger partial charge is 0.462 e. The average Bonchev–Trinajstić information content (AvgIpc) is 2.81. The van der Waals surface area contributed by atoms with Gasteiger partial charge in [0.2, 0.25) is 0 Å². The summed E-state index contributed by atoms with van der Waals surface area (Å²) in [5.74, 6) is -0.254. The third-order valence-electron chi connectivity index (χ3n) is 5.61. The molecule has 2 heteroatoms. The molecule has 0 N–H and O–H groups in total. The van der Waals surface area contributed by atoms with Crippen molar-refractivity contribution < 1.29 is 9.53 Å². The van der Waals surface area contributed by atoms with E-state index in [9.17, 15) is 4.79 Å². The van der Waals surface area contributed by atoms with Gasteiger partial charge in [-0.1, -0.05) is 153 Å². The topological polar surface area (TPSA) is 26.3 Å². The van der Waals surface area contributed by atoms with E-state index in [2.05, 4.69) is 20.1 Å². The van der Waals surface area contributed by atoms with Gasteiger partial charge in [-0.25, -0.2) is 4.79 Å².